The van der Waals surface area contributed by atoms with Crippen molar-refractivity contribution in [2.45, 2.75) is 4.90 Å². The summed E-state index contributed by atoms with van der Waals surface area (Å²) in [5.41, 5.74) is 1.50. The van der Waals surface area contributed by atoms with Gasteiger partial charge in [-0.2, -0.15) is 5.11 Å². The average molecular weight is 387 g/mol. The van der Waals surface area contributed by atoms with E-state index in [0.717, 1.165) is 10.8 Å². The molecule has 0 aliphatic carbocycles. The number of hydrogen-bond acceptors (Lipinski definition) is 4. The van der Waals surface area contributed by atoms with Crippen molar-refractivity contribution in [3.63, 3.8) is 0 Å². The first-order valence-electron chi connectivity index (χ1n) is 8.69. The van der Waals surface area contributed by atoms with E-state index in [1.54, 1.807) is 42.5 Å². The molecule has 0 radical (unpaired) electrons. The van der Waals surface area contributed by atoms with Gasteiger partial charge < -0.3 is 0 Å². The normalized spacial score (nSPS) is 11.7. The van der Waals surface area contributed by atoms with Gasteiger partial charge in [-0.3, -0.25) is 4.72 Å². The number of para-hydroxylation sites is 1. The van der Waals surface area contributed by atoms with Crippen LogP contribution >= 0.6 is 0 Å². The zero-order valence-corrected chi connectivity index (χ0v) is 15.7. The van der Waals surface area contributed by atoms with Gasteiger partial charge >= 0.3 is 0 Å². The lowest BCUT2D eigenvalue weighted by Gasteiger charge is -2.10. The third kappa shape index (κ3) is 3.92. The first-order chi connectivity index (χ1) is 13.6. The average Bonchev–Trinajstić information content (AvgIpc) is 2.73. The second kappa shape index (κ2) is 7.62. The summed E-state index contributed by atoms with van der Waals surface area (Å²) in [6.45, 7) is 0. The van der Waals surface area contributed by atoms with Crippen LogP contribution in [-0.2, 0) is 10.0 Å². The minimum atomic E-state index is -3.76. The lowest BCUT2D eigenvalue weighted by molar-refractivity contribution is 0.601. The van der Waals surface area contributed by atoms with E-state index in [2.05, 4.69) is 15.0 Å². The fourth-order valence-corrected chi connectivity index (χ4v) is 3.90. The van der Waals surface area contributed by atoms with E-state index in [1.807, 2.05) is 54.6 Å². The molecule has 0 aromatic heterocycles. The highest BCUT2D eigenvalue weighted by molar-refractivity contribution is 7.92. The highest BCUT2D eigenvalue weighted by atomic mass is 32.2. The number of azo groups is 1. The summed E-state index contributed by atoms with van der Waals surface area (Å²) < 4.78 is 28.4. The topological polar surface area (TPSA) is 70.9 Å². The number of hydrogen-bond donors (Lipinski definition) is 1. The van der Waals surface area contributed by atoms with Gasteiger partial charge in [-0.15, -0.1) is 5.11 Å². The zero-order chi connectivity index (χ0) is 19.4. The van der Waals surface area contributed by atoms with Crippen LogP contribution in [0.3, 0.4) is 0 Å². The molecule has 0 heterocycles. The quantitative estimate of drug-likeness (QED) is 0.423. The molecule has 0 saturated heterocycles. The van der Waals surface area contributed by atoms with E-state index >= 15 is 0 Å². The maximum atomic E-state index is 12.9. The van der Waals surface area contributed by atoms with Crippen LogP contribution in [0.1, 0.15) is 0 Å². The van der Waals surface area contributed by atoms with Crippen molar-refractivity contribution in [1.82, 2.24) is 0 Å². The van der Waals surface area contributed by atoms with Crippen molar-refractivity contribution in [3.8, 4) is 0 Å². The minimum Gasteiger partial charge on any atom is -0.277 e. The SMILES string of the molecule is O=S(=O)(Nc1ccccc1N=Nc1ccccc1)c1ccc2ccccc2c1. The molecule has 0 aliphatic rings. The molecular formula is C22H17N3O2S. The number of fused-ring (bicyclic) bond motifs is 1. The van der Waals surface area contributed by atoms with Crippen LogP contribution in [0.4, 0.5) is 17.1 Å². The van der Waals surface area contributed by atoms with Gasteiger partial charge in [0.15, 0.2) is 0 Å². The maximum absolute atomic E-state index is 12.9. The summed E-state index contributed by atoms with van der Waals surface area (Å²) in [5.74, 6) is 0. The summed E-state index contributed by atoms with van der Waals surface area (Å²) in [5, 5.41) is 10.2. The van der Waals surface area contributed by atoms with E-state index in [1.165, 1.54) is 0 Å². The molecule has 0 spiro atoms. The fraction of sp³-hybridized carbons (Fsp3) is 0. The smallest absolute Gasteiger partial charge is 0.261 e. The van der Waals surface area contributed by atoms with Crippen LogP contribution in [-0.4, -0.2) is 8.42 Å². The van der Waals surface area contributed by atoms with Crippen LogP contribution in [0, 0.1) is 0 Å². The van der Waals surface area contributed by atoms with E-state index in [-0.39, 0.29) is 4.90 Å². The van der Waals surface area contributed by atoms with Crippen LogP contribution < -0.4 is 4.72 Å². The Labute approximate surface area is 163 Å². The second-order valence-electron chi connectivity index (χ2n) is 6.17. The molecule has 4 rings (SSSR count). The third-order valence-corrected chi connectivity index (χ3v) is 5.57. The Hall–Kier alpha value is -3.51. The molecule has 0 fully saturated rings. The van der Waals surface area contributed by atoms with Crippen molar-refractivity contribution in [2.75, 3.05) is 4.72 Å². The molecule has 0 bridgehead atoms. The van der Waals surface area contributed by atoms with Gasteiger partial charge in [0.25, 0.3) is 10.0 Å². The van der Waals surface area contributed by atoms with Gasteiger partial charge in [0.05, 0.1) is 16.3 Å². The van der Waals surface area contributed by atoms with Crippen LogP contribution in [0.25, 0.3) is 10.8 Å². The Morgan fingerprint density at radius 3 is 2.14 bits per heavy atom. The molecule has 0 amide bonds. The molecular weight excluding hydrogens is 370 g/mol. The predicted molar refractivity (Wildman–Crippen MR) is 112 cm³/mol. The second-order valence-corrected chi connectivity index (χ2v) is 7.85. The minimum absolute atomic E-state index is 0.195. The van der Waals surface area contributed by atoms with Gasteiger partial charge in [0, 0.05) is 0 Å². The van der Waals surface area contributed by atoms with Gasteiger partial charge in [-0.1, -0.05) is 60.7 Å². The molecule has 138 valence electrons. The number of benzene rings is 4. The van der Waals surface area contributed by atoms with E-state index < -0.39 is 10.0 Å². The Kier molecular flexibility index (Phi) is 4.87. The molecule has 0 saturated carbocycles. The van der Waals surface area contributed by atoms with Gasteiger partial charge in [0.2, 0.25) is 0 Å². The standard InChI is InChI=1S/C22H17N3O2S/c26-28(27,20-15-14-17-8-4-5-9-18(17)16-20)25-22-13-7-6-12-21(22)24-23-19-10-2-1-3-11-19/h1-16,25H. The summed E-state index contributed by atoms with van der Waals surface area (Å²) in [6, 6.07) is 28.9. The molecule has 4 aromatic carbocycles. The Morgan fingerprint density at radius 2 is 1.32 bits per heavy atom. The number of rotatable bonds is 5. The Morgan fingerprint density at radius 1 is 0.643 bits per heavy atom. The number of sulfonamides is 1. The molecule has 28 heavy (non-hydrogen) atoms. The summed E-state index contributed by atoms with van der Waals surface area (Å²) >= 11 is 0. The summed E-state index contributed by atoms with van der Waals surface area (Å²) in [6.07, 6.45) is 0. The highest BCUT2D eigenvalue weighted by Gasteiger charge is 2.16. The van der Waals surface area contributed by atoms with Crippen molar-refractivity contribution >= 4 is 37.9 Å². The lowest BCUT2D eigenvalue weighted by atomic mass is 10.1. The first kappa shape index (κ1) is 17.9. The monoisotopic (exact) mass is 387 g/mol. The molecule has 5 nitrogen and oxygen atoms in total. The van der Waals surface area contributed by atoms with Gasteiger partial charge in [-0.25, -0.2) is 8.42 Å². The Bertz CT molecular complexity index is 1250. The maximum Gasteiger partial charge on any atom is 0.261 e. The summed E-state index contributed by atoms with van der Waals surface area (Å²) in [7, 11) is -3.76. The molecule has 6 heteroatoms. The zero-order valence-electron chi connectivity index (χ0n) is 14.9. The Balaban J connectivity index is 1.65. The first-order valence-corrected chi connectivity index (χ1v) is 10.2. The predicted octanol–water partition coefficient (Wildman–Crippen LogP) is 6.06. The van der Waals surface area contributed by atoms with Gasteiger partial charge in [-0.05, 0) is 47.2 Å². The van der Waals surface area contributed by atoms with Crippen molar-refractivity contribution in [2.24, 2.45) is 10.2 Å². The molecule has 4 aromatic rings. The third-order valence-electron chi connectivity index (χ3n) is 4.21. The van der Waals surface area contributed by atoms with E-state index in [4.69, 9.17) is 0 Å². The fourth-order valence-electron chi connectivity index (χ4n) is 2.79. The van der Waals surface area contributed by atoms with Crippen molar-refractivity contribution < 1.29 is 8.42 Å². The van der Waals surface area contributed by atoms with E-state index in [9.17, 15) is 8.42 Å². The molecule has 0 unspecified atom stereocenters. The summed E-state index contributed by atoms with van der Waals surface area (Å²) in [4.78, 5) is 0.195. The number of nitrogens with one attached hydrogen (secondary N) is 1. The van der Waals surface area contributed by atoms with Crippen LogP contribution in [0.15, 0.2) is 112 Å². The van der Waals surface area contributed by atoms with Crippen molar-refractivity contribution in [3.05, 3.63) is 97.1 Å². The van der Waals surface area contributed by atoms with E-state index in [0.29, 0.717) is 17.1 Å². The highest BCUT2D eigenvalue weighted by Crippen LogP contribution is 2.29. The van der Waals surface area contributed by atoms with Crippen molar-refractivity contribution in [1.29, 1.82) is 0 Å². The molecule has 1 N–H and O–H groups in total. The number of anilines is 1. The largest absolute Gasteiger partial charge is 0.277 e. The lowest BCUT2D eigenvalue weighted by Crippen LogP contribution is -2.13. The number of nitrogens with zero attached hydrogens (tertiary/aromatic N) is 2. The molecule has 0 atom stereocenters. The van der Waals surface area contributed by atoms with Crippen LogP contribution in [0.2, 0.25) is 0 Å². The van der Waals surface area contributed by atoms with Crippen LogP contribution in [0.5, 0.6) is 0 Å². The van der Waals surface area contributed by atoms with Gasteiger partial charge in [0.1, 0.15) is 5.69 Å². The molecule has 0 aliphatic heterocycles.